The molecule has 0 fully saturated rings. The van der Waals surface area contributed by atoms with E-state index in [9.17, 15) is 0 Å². The molecule has 8 aromatic rings. The second-order valence-electron chi connectivity index (χ2n) is 12.4. The molecule has 1 atom stereocenters. The molecule has 4 nitrogen and oxygen atoms in total. The molecule has 2 aromatic heterocycles. The summed E-state index contributed by atoms with van der Waals surface area (Å²) in [5, 5.41) is 2.13. The standard InChI is InChI=1S/C45H31N3O/c1-5-14-30(15-6-1)32-24-26-35(27-25-32)44-46-43(34-20-11-4-12-21-34)47-45(48-44)38-23-13-22-37-40-29-36(31-16-7-2-8-17-31)28-39(42(40)49-41(37)38)33-18-9-3-10-19-33/h1-16,18-29,31H,17H2. The van der Waals surface area contributed by atoms with Gasteiger partial charge in [0.15, 0.2) is 17.5 Å². The van der Waals surface area contributed by atoms with Gasteiger partial charge in [-0.05, 0) is 46.9 Å². The van der Waals surface area contributed by atoms with Crippen LogP contribution in [0.3, 0.4) is 0 Å². The minimum absolute atomic E-state index is 0.304. The van der Waals surface area contributed by atoms with E-state index in [-0.39, 0.29) is 0 Å². The predicted octanol–water partition coefficient (Wildman–Crippen LogP) is 11.7. The van der Waals surface area contributed by atoms with Crippen LogP contribution in [-0.2, 0) is 0 Å². The van der Waals surface area contributed by atoms with Crippen molar-refractivity contribution in [3.63, 3.8) is 0 Å². The maximum absolute atomic E-state index is 6.89. The van der Waals surface area contributed by atoms with E-state index in [2.05, 4.69) is 127 Å². The Kier molecular flexibility index (Phi) is 7.25. The molecular formula is C45H31N3O. The van der Waals surface area contributed by atoms with Crippen LogP contribution < -0.4 is 0 Å². The second-order valence-corrected chi connectivity index (χ2v) is 12.4. The Morgan fingerprint density at radius 3 is 1.69 bits per heavy atom. The molecule has 0 amide bonds. The fraction of sp³-hybridized carbons (Fsp3) is 0.0444. The first-order valence-electron chi connectivity index (χ1n) is 16.6. The van der Waals surface area contributed by atoms with Crippen molar-refractivity contribution in [2.45, 2.75) is 12.3 Å². The maximum Gasteiger partial charge on any atom is 0.167 e. The van der Waals surface area contributed by atoms with E-state index in [1.54, 1.807) is 0 Å². The summed E-state index contributed by atoms with van der Waals surface area (Å²) in [4.78, 5) is 15.1. The highest BCUT2D eigenvalue weighted by Crippen LogP contribution is 2.42. The molecule has 4 heteroatoms. The number of fused-ring (bicyclic) bond motifs is 3. The van der Waals surface area contributed by atoms with E-state index in [0.29, 0.717) is 23.4 Å². The van der Waals surface area contributed by atoms with Crippen molar-refractivity contribution in [3.8, 4) is 56.4 Å². The molecule has 49 heavy (non-hydrogen) atoms. The van der Waals surface area contributed by atoms with Gasteiger partial charge in [-0.1, -0.05) is 152 Å². The van der Waals surface area contributed by atoms with Crippen LogP contribution in [0, 0.1) is 0 Å². The average molecular weight is 630 g/mol. The Bertz CT molecular complexity index is 2500. The Morgan fingerprint density at radius 2 is 1.02 bits per heavy atom. The average Bonchev–Trinajstić information content (AvgIpc) is 3.58. The van der Waals surface area contributed by atoms with E-state index in [4.69, 9.17) is 19.4 Å². The number of hydrogen-bond acceptors (Lipinski definition) is 4. The van der Waals surface area contributed by atoms with Crippen molar-refractivity contribution in [2.75, 3.05) is 0 Å². The number of nitrogens with zero attached hydrogens (tertiary/aromatic N) is 3. The number of allylic oxidation sites excluding steroid dienone is 4. The lowest BCUT2D eigenvalue weighted by molar-refractivity contribution is 0.670. The van der Waals surface area contributed by atoms with Crippen LogP contribution in [0.4, 0.5) is 0 Å². The maximum atomic E-state index is 6.89. The summed E-state index contributed by atoms with van der Waals surface area (Å²) in [6.45, 7) is 0. The smallest absolute Gasteiger partial charge is 0.167 e. The third-order valence-corrected chi connectivity index (χ3v) is 9.27. The quantitative estimate of drug-likeness (QED) is 0.184. The van der Waals surface area contributed by atoms with Gasteiger partial charge in [-0.15, -0.1) is 0 Å². The molecule has 0 N–H and O–H groups in total. The Morgan fingerprint density at radius 1 is 0.449 bits per heavy atom. The van der Waals surface area contributed by atoms with Gasteiger partial charge in [0.05, 0.1) is 5.56 Å². The summed E-state index contributed by atoms with van der Waals surface area (Å²) in [6.07, 6.45) is 9.76. The topological polar surface area (TPSA) is 51.8 Å². The lowest BCUT2D eigenvalue weighted by Gasteiger charge is -2.15. The highest BCUT2D eigenvalue weighted by molar-refractivity contribution is 6.13. The number of benzene rings is 6. The van der Waals surface area contributed by atoms with Crippen LogP contribution >= 0.6 is 0 Å². The van der Waals surface area contributed by atoms with Crippen molar-refractivity contribution < 1.29 is 4.42 Å². The number of rotatable bonds is 6. The van der Waals surface area contributed by atoms with Crippen LogP contribution in [0.25, 0.3) is 78.4 Å². The van der Waals surface area contributed by atoms with E-state index in [1.165, 1.54) is 11.1 Å². The third-order valence-electron chi connectivity index (χ3n) is 9.27. The molecule has 0 saturated heterocycles. The molecule has 2 heterocycles. The first-order valence-corrected chi connectivity index (χ1v) is 16.6. The van der Waals surface area contributed by atoms with Crippen molar-refractivity contribution in [1.29, 1.82) is 0 Å². The minimum Gasteiger partial charge on any atom is -0.455 e. The van der Waals surface area contributed by atoms with Crippen molar-refractivity contribution in [1.82, 2.24) is 15.0 Å². The Hall–Kier alpha value is -6.39. The predicted molar refractivity (Wildman–Crippen MR) is 200 cm³/mol. The molecule has 1 unspecified atom stereocenters. The van der Waals surface area contributed by atoms with Crippen LogP contribution in [0.2, 0.25) is 0 Å². The van der Waals surface area contributed by atoms with Gasteiger partial charge in [0.25, 0.3) is 0 Å². The van der Waals surface area contributed by atoms with Crippen molar-refractivity contribution in [2.24, 2.45) is 0 Å². The zero-order valence-corrected chi connectivity index (χ0v) is 26.7. The number of aromatic nitrogens is 3. The first-order chi connectivity index (χ1) is 24.3. The summed E-state index contributed by atoms with van der Waals surface area (Å²) < 4.78 is 6.89. The van der Waals surface area contributed by atoms with Gasteiger partial charge in [-0.3, -0.25) is 0 Å². The number of hydrogen-bond donors (Lipinski definition) is 0. The SMILES string of the molecule is C1=CCC(c2cc(-c3ccccc3)c3oc4c(-c5nc(-c6ccccc6)nc(-c6ccc(-c7ccccc7)cc6)n5)cccc4c3c2)C=C1. The molecule has 232 valence electrons. The van der Waals surface area contributed by atoms with Gasteiger partial charge in [0, 0.05) is 33.4 Å². The van der Waals surface area contributed by atoms with Gasteiger partial charge in [-0.25, -0.2) is 15.0 Å². The molecular weight excluding hydrogens is 599 g/mol. The number of para-hydroxylation sites is 1. The van der Waals surface area contributed by atoms with Crippen molar-refractivity contribution >= 4 is 21.9 Å². The normalized spacial score (nSPS) is 14.1. The molecule has 6 aromatic carbocycles. The fourth-order valence-corrected chi connectivity index (χ4v) is 6.76. The van der Waals surface area contributed by atoms with E-state index in [0.717, 1.165) is 61.7 Å². The molecule has 0 bridgehead atoms. The zero-order valence-electron chi connectivity index (χ0n) is 26.7. The highest BCUT2D eigenvalue weighted by atomic mass is 16.3. The number of furan rings is 1. The van der Waals surface area contributed by atoms with Gasteiger partial charge >= 0.3 is 0 Å². The molecule has 1 aliphatic carbocycles. The Labute approximate surface area is 284 Å². The summed E-state index contributed by atoms with van der Waals surface area (Å²) in [6, 6.07) is 50.2. The van der Waals surface area contributed by atoms with Gasteiger partial charge in [-0.2, -0.15) is 0 Å². The largest absolute Gasteiger partial charge is 0.455 e. The monoisotopic (exact) mass is 629 g/mol. The summed E-state index contributed by atoms with van der Waals surface area (Å²) in [5.41, 5.74) is 10.1. The highest BCUT2D eigenvalue weighted by Gasteiger charge is 2.21. The molecule has 9 rings (SSSR count). The Balaban J connectivity index is 1.24. The van der Waals surface area contributed by atoms with E-state index >= 15 is 0 Å². The van der Waals surface area contributed by atoms with Gasteiger partial charge < -0.3 is 4.42 Å². The molecule has 0 aliphatic heterocycles. The molecule has 1 aliphatic rings. The second kappa shape index (κ2) is 12.3. The minimum atomic E-state index is 0.304. The first kappa shape index (κ1) is 28.8. The van der Waals surface area contributed by atoms with Gasteiger partial charge in [0.1, 0.15) is 11.2 Å². The van der Waals surface area contributed by atoms with Gasteiger partial charge in [0.2, 0.25) is 0 Å². The molecule has 0 radical (unpaired) electrons. The molecule has 0 spiro atoms. The molecule has 0 saturated carbocycles. The van der Waals surface area contributed by atoms with Crippen molar-refractivity contribution in [3.05, 3.63) is 175 Å². The summed E-state index contributed by atoms with van der Waals surface area (Å²) in [7, 11) is 0. The lowest BCUT2D eigenvalue weighted by Crippen LogP contribution is -2.00. The van der Waals surface area contributed by atoms with Crippen LogP contribution in [-0.4, -0.2) is 15.0 Å². The van der Waals surface area contributed by atoms with Crippen LogP contribution in [0.5, 0.6) is 0 Å². The van der Waals surface area contributed by atoms with E-state index in [1.807, 2.05) is 42.5 Å². The summed E-state index contributed by atoms with van der Waals surface area (Å²) in [5.74, 6) is 2.10. The lowest BCUT2D eigenvalue weighted by atomic mass is 9.88. The van der Waals surface area contributed by atoms with Crippen LogP contribution in [0.15, 0.2) is 174 Å². The van der Waals surface area contributed by atoms with E-state index < -0.39 is 0 Å². The zero-order chi connectivity index (χ0) is 32.6. The summed E-state index contributed by atoms with van der Waals surface area (Å²) >= 11 is 0. The van der Waals surface area contributed by atoms with Crippen LogP contribution in [0.1, 0.15) is 17.9 Å². The fourth-order valence-electron chi connectivity index (χ4n) is 6.76. The third kappa shape index (κ3) is 5.43.